The summed E-state index contributed by atoms with van der Waals surface area (Å²) in [7, 11) is 1.98. The van der Waals surface area contributed by atoms with Gasteiger partial charge >= 0.3 is 0 Å². The second kappa shape index (κ2) is 8.33. The Hall–Kier alpha value is -1.34. The first-order valence-electron chi connectivity index (χ1n) is 7.12. The number of carbonyl (C=O) groups excluding carboxylic acids is 1. The Bertz CT molecular complexity index is 506. The van der Waals surface area contributed by atoms with Crippen LogP contribution in [0.3, 0.4) is 0 Å². The average Bonchev–Trinajstić information content (AvgIpc) is 2.47. The van der Waals surface area contributed by atoms with Gasteiger partial charge in [-0.15, -0.1) is 0 Å². The van der Waals surface area contributed by atoms with E-state index in [-0.39, 0.29) is 12.7 Å². The molecule has 2 rings (SSSR count). The van der Waals surface area contributed by atoms with Gasteiger partial charge in [-0.2, -0.15) is 0 Å². The summed E-state index contributed by atoms with van der Waals surface area (Å²) in [6.45, 7) is 3.08. The maximum Gasteiger partial charge on any atom is 0.255 e. The molecule has 0 unspecified atom stereocenters. The van der Waals surface area contributed by atoms with Gasteiger partial charge in [0.1, 0.15) is 5.75 Å². The summed E-state index contributed by atoms with van der Waals surface area (Å²) in [5.74, 6) is 0.0953. The van der Waals surface area contributed by atoms with E-state index >= 15 is 0 Å². The predicted octanol–water partition coefficient (Wildman–Crippen LogP) is 1.05. The van der Waals surface area contributed by atoms with Gasteiger partial charge in [-0.05, 0) is 25.2 Å². The van der Waals surface area contributed by atoms with E-state index in [9.17, 15) is 4.79 Å². The number of amides is 1. The molecule has 1 heterocycles. The molecule has 6 nitrogen and oxygen atoms in total. The van der Waals surface area contributed by atoms with Gasteiger partial charge in [0.15, 0.2) is 6.61 Å². The standard InChI is InChI=1S/C15H21ClN2O4/c1-18(8-13-9-20-4-5-21-13)7-11-6-12(16)2-3-14(11)22-10-15(17)19/h2-3,6,13H,4-5,7-10H2,1H3,(H2,17,19)/t13-/m1/s1. The summed E-state index contributed by atoms with van der Waals surface area (Å²) < 4.78 is 16.5. The molecular weight excluding hydrogens is 308 g/mol. The molecule has 7 heteroatoms. The van der Waals surface area contributed by atoms with E-state index in [1.807, 2.05) is 13.1 Å². The first-order valence-corrected chi connectivity index (χ1v) is 7.50. The van der Waals surface area contributed by atoms with Crippen LogP contribution in [-0.2, 0) is 20.8 Å². The third kappa shape index (κ3) is 5.46. The normalized spacial score (nSPS) is 18.4. The lowest BCUT2D eigenvalue weighted by Crippen LogP contribution is -2.38. The highest BCUT2D eigenvalue weighted by molar-refractivity contribution is 6.30. The van der Waals surface area contributed by atoms with Crippen molar-refractivity contribution in [1.29, 1.82) is 0 Å². The van der Waals surface area contributed by atoms with E-state index in [2.05, 4.69) is 4.90 Å². The fourth-order valence-electron chi connectivity index (χ4n) is 2.31. The third-order valence-corrected chi connectivity index (χ3v) is 3.47. The first kappa shape index (κ1) is 17.0. The summed E-state index contributed by atoms with van der Waals surface area (Å²) in [5.41, 5.74) is 6.01. The van der Waals surface area contributed by atoms with Gasteiger partial charge in [0.2, 0.25) is 0 Å². The predicted molar refractivity (Wildman–Crippen MR) is 83.0 cm³/mol. The van der Waals surface area contributed by atoms with Crippen molar-refractivity contribution in [3.8, 4) is 5.75 Å². The number of ether oxygens (including phenoxy) is 3. The molecule has 1 aliphatic heterocycles. The summed E-state index contributed by atoms with van der Waals surface area (Å²) in [6.07, 6.45) is 0.0629. The average molecular weight is 329 g/mol. The molecule has 0 saturated carbocycles. The van der Waals surface area contributed by atoms with Gasteiger partial charge < -0.3 is 19.9 Å². The zero-order valence-corrected chi connectivity index (χ0v) is 13.3. The number of nitrogens with zero attached hydrogens (tertiary/aromatic N) is 1. The number of hydrogen-bond acceptors (Lipinski definition) is 5. The van der Waals surface area contributed by atoms with Gasteiger partial charge in [-0.1, -0.05) is 11.6 Å². The highest BCUT2D eigenvalue weighted by atomic mass is 35.5. The minimum Gasteiger partial charge on any atom is -0.483 e. The summed E-state index contributed by atoms with van der Waals surface area (Å²) in [6, 6.07) is 5.29. The van der Waals surface area contributed by atoms with Crippen molar-refractivity contribution in [3.63, 3.8) is 0 Å². The van der Waals surface area contributed by atoms with E-state index in [0.29, 0.717) is 37.1 Å². The Morgan fingerprint density at radius 3 is 3.00 bits per heavy atom. The van der Waals surface area contributed by atoms with E-state index in [1.54, 1.807) is 12.1 Å². The molecule has 22 heavy (non-hydrogen) atoms. The highest BCUT2D eigenvalue weighted by Gasteiger charge is 2.17. The number of nitrogens with two attached hydrogens (primary N) is 1. The van der Waals surface area contributed by atoms with Crippen LogP contribution in [0.15, 0.2) is 18.2 Å². The van der Waals surface area contributed by atoms with Crippen molar-refractivity contribution >= 4 is 17.5 Å². The van der Waals surface area contributed by atoms with Crippen LogP contribution in [-0.4, -0.2) is 56.9 Å². The van der Waals surface area contributed by atoms with Crippen LogP contribution in [0.4, 0.5) is 0 Å². The molecule has 1 amide bonds. The third-order valence-electron chi connectivity index (χ3n) is 3.23. The Kier molecular flexibility index (Phi) is 6.45. The summed E-state index contributed by atoms with van der Waals surface area (Å²) >= 11 is 6.04. The molecule has 0 bridgehead atoms. The number of carbonyl (C=O) groups is 1. The maximum absolute atomic E-state index is 10.9. The minimum absolute atomic E-state index is 0.0629. The van der Waals surface area contributed by atoms with Gasteiger partial charge in [0, 0.05) is 23.7 Å². The molecule has 1 saturated heterocycles. The van der Waals surface area contributed by atoms with E-state index in [1.165, 1.54) is 0 Å². The minimum atomic E-state index is -0.512. The molecule has 122 valence electrons. The Balaban J connectivity index is 1.96. The summed E-state index contributed by atoms with van der Waals surface area (Å²) in [4.78, 5) is 13.0. The Morgan fingerprint density at radius 1 is 1.50 bits per heavy atom. The van der Waals surface area contributed by atoms with Gasteiger partial charge in [0.05, 0.1) is 25.9 Å². The van der Waals surface area contributed by atoms with Crippen molar-refractivity contribution in [2.75, 3.05) is 40.0 Å². The first-order chi connectivity index (χ1) is 10.5. The molecule has 0 radical (unpaired) electrons. The van der Waals surface area contributed by atoms with Gasteiger partial charge in [-0.3, -0.25) is 9.69 Å². The van der Waals surface area contributed by atoms with Crippen LogP contribution in [0.25, 0.3) is 0 Å². The zero-order chi connectivity index (χ0) is 15.9. The monoisotopic (exact) mass is 328 g/mol. The number of hydrogen-bond donors (Lipinski definition) is 1. The van der Waals surface area contributed by atoms with E-state index in [0.717, 1.165) is 12.1 Å². The Morgan fingerprint density at radius 2 is 2.32 bits per heavy atom. The smallest absolute Gasteiger partial charge is 0.255 e. The van der Waals surface area contributed by atoms with Crippen molar-refractivity contribution in [3.05, 3.63) is 28.8 Å². The second-order valence-electron chi connectivity index (χ2n) is 5.27. The molecule has 2 N–H and O–H groups in total. The van der Waals surface area contributed by atoms with Crippen LogP contribution < -0.4 is 10.5 Å². The molecule has 0 aromatic heterocycles. The molecule has 1 aromatic rings. The van der Waals surface area contributed by atoms with E-state index in [4.69, 9.17) is 31.5 Å². The molecule has 0 spiro atoms. The number of likely N-dealkylation sites (N-methyl/N-ethyl adjacent to an activating group) is 1. The summed E-state index contributed by atoms with van der Waals surface area (Å²) in [5, 5.41) is 0.618. The van der Waals surface area contributed by atoms with Gasteiger partial charge in [0.25, 0.3) is 5.91 Å². The molecule has 1 aromatic carbocycles. The fraction of sp³-hybridized carbons (Fsp3) is 0.533. The van der Waals surface area contributed by atoms with Crippen molar-refractivity contribution < 1.29 is 19.0 Å². The molecule has 1 atom stereocenters. The second-order valence-corrected chi connectivity index (χ2v) is 5.71. The van der Waals surface area contributed by atoms with Crippen molar-refractivity contribution in [2.45, 2.75) is 12.6 Å². The molecule has 1 aliphatic rings. The largest absolute Gasteiger partial charge is 0.483 e. The zero-order valence-electron chi connectivity index (χ0n) is 12.6. The lowest BCUT2D eigenvalue weighted by molar-refractivity contribution is -0.119. The lowest BCUT2D eigenvalue weighted by Gasteiger charge is -2.27. The van der Waals surface area contributed by atoms with Crippen molar-refractivity contribution in [2.24, 2.45) is 5.73 Å². The maximum atomic E-state index is 10.9. The van der Waals surface area contributed by atoms with Crippen LogP contribution in [0, 0.1) is 0 Å². The van der Waals surface area contributed by atoms with Crippen LogP contribution in [0.1, 0.15) is 5.56 Å². The Labute approximate surface area is 135 Å². The van der Waals surface area contributed by atoms with Crippen LogP contribution in [0.2, 0.25) is 5.02 Å². The molecular formula is C15H21ClN2O4. The number of halogens is 1. The van der Waals surface area contributed by atoms with Crippen LogP contribution in [0.5, 0.6) is 5.75 Å². The van der Waals surface area contributed by atoms with Gasteiger partial charge in [-0.25, -0.2) is 0 Å². The van der Waals surface area contributed by atoms with Crippen molar-refractivity contribution in [1.82, 2.24) is 4.90 Å². The topological polar surface area (TPSA) is 74.0 Å². The lowest BCUT2D eigenvalue weighted by atomic mass is 10.2. The molecule has 0 aliphatic carbocycles. The fourth-order valence-corrected chi connectivity index (χ4v) is 2.50. The SMILES string of the molecule is CN(Cc1cc(Cl)ccc1OCC(N)=O)C[C@@H]1COCCO1. The van der Waals surface area contributed by atoms with Crippen LogP contribution >= 0.6 is 11.6 Å². The molecule has 1 fully saturated rings. The number of benzene rings is 1. The highest BCUT2D eigenvalue weighted by Crippen LogP contribution is 2.24. The van der Waals surface area contributed by atoms with E-state index < -0.39 is 5.91 Å². The number of rotatable bonds is 7. The number of primary amides is 1. The quantitative estimate of drug-likeness (QED) is 0.810.